The van der Waals surface area contributed by atoms with Crippen LogP contribution in [0.3, 0.4) is 0 Å². The lowest BCUT2D eigenvalue weighted by Gasteiger charge is -2.11. The lowest BCUT2D eigenvalue weighted by atomic mass is 10.2. The number of carbonyl (C=O) groups is 1. The van der Waals surface area contributed by atoms with Gasteiger partial charge in [-0.1, -0.05) is 6.92 Å². The van der Waals surface area contributed by atoms with E-state index in [2.05, 4.69) is 6.92 Å². The Morgan fingerprint density at radius 3 is 2.46 bits per heavy atom. The molecular formula is C11H14O2. The predicted octanol–water partition coefficient (Wildman–Crippen LogP) is 2.68. The van der Waals surface area contributed by atoms with Crippen molar-refractivity contribution < 1.29 is 9.53 Å². The molecule has 1 rings (SSSR count). The van der Waals surface area contributed by atoms with Gasteiger partial charge in [-0.2, -0.15) is 0 Å². The summed E-state index contributed by atoms with van der Waals surface area (Å²) in [6.45, 7) is 4.10. The van der Waals surface area contributed by atoms with Crippen molar-refractivity contribution in [3.05, 3.63) is 29.8 Å². The fourth-order valence-corrected chi connectivity index (χ4v) is 0.941. The van der Waals surface area contributed by atoms with Crippen LogP contribution in [0.25, 0.3) is 0 Å². The van der Waals surface area contributed by atoms with E-state index >= 15 is 0 Å². The highest BCUT2D eigenvalue weighted by Crippen LogP contribution is 2.13. The minimum Gasteiger partial charge on any atom is -0.491 e. The number of hydrogen-bond acceptors (Lipinski definition) is 2. The number of hydrogen-bond donors (Lipinski definition) is 0. The van der Waals surface area contributed by atoms with Gasteiger partial charge in [0.15, 0.2) is 0 Å². The van der Waals surface area contributed by atoms with Gasteiger partial charge in [0.25, 0.3) is 0 Å². The van der Waals surface area contributed by atoms with Crippen LogP contribution in [0, 0.1) is 0 Å². The highest BCUT2D eigenvalue weighted by molar-refractivity contribution is 5.74. The van der Waals surface area contributed by atoms with E-state index in [9.17, 15) is 4.79 Å². The van der Waals surface area contributed by atoms with Crippen LogP contribution in [-0.4, -0.2) is 12.4 Å². The largest absolute Gasteiger partial charge is 0.491 e. The van der Waals surface area contributed by atoms with Crippen molar-refractivity contribution in [3.63, 3.8) is 0 Å². The summed E-state index contributed by atoms with van der Waals surface area (Å²) in [6, 6.07) is 7.14. The topological polar surface area (TPSA) is 26.3 Å². The van der Waals surface area contributed by atoms with Crippen LogP contribution in [0.2, 0.25) is 0 Å². The van der Waals surface area contributed by atoms with E-state index in [1.54, 1.807) is 12.1 Å². The van der Waals surface area contributed by atoms with Crippen molar-refractivity contribution >= 4 is 6.29 Å². The molecule has 0 unspecified atom stereocenters. The van der Waals surface area contributed by atoms with Crippen LogP contribution >= 0.6 is 0 Å². The van der Waals surface area contributed by atoms with Gasteiger partial charge in [-0.25, -0.2) is 0 Å². The first-order valence-corrected chi connectivity index (χ1v) is 4.48. The summed E-state index contributed by atoms with van der Waals surface area (Å²) in [5.41, 5.74) is 0.677. The molecule has 1 aromatic carbocycles. The average molecular weight is 178 g/mol. The Balaban J connectivity index is 2.63. The van der Waals surface area contributed by atoms with Gasteiger partial charge in [0.1, 0.15) is 12.0 Å². The average Bonchev–Trinajstić information content (AvgIpc) is 2.19. The van der Waals surface area contributed by atoms with Crippen molar-refractivity contribution in [2.24, 2.45) is 0 Å². The predicted molar refractivity (Wildman–Crippen MR) is 52.2 cm³/mol. The molecule has 2 nitrogen and oxygen atoms in total. The van der Waals surface area contributed by atoms with Crippen molar-refractivity contribution in [1.82, 2.24) is 0 Å². The van der Waals surface area contributed by atoms with E-state index < -0.39 is 0 Å². The first-order chi connectivity index (χ1) is 6.26. The van der Waals surface area contributed by atoms with E-state index in [4.69, 9.17) is 4.74 Å². The fraction of sp³-hybridized carbons (Fsp3) is 0.364. The molecule has 1 aromatic rings. The monoisotopic (exact) mass is 178 g/mol. The van der Waals surface area contributed by atoms with Crippen molar-refractivity contribution in [2.45, 2.75) is 26.4 Å². The van der Waals surface area contributed by atoms with E-state index in [0.29, 0.717) is 5.56 Å². The molecule has 0 saturated carbocycles. The Kier molecular flexibility index (Phi) is 3.50. The van der Waals surface area contributed by atoms with Gasteiger partial charge >= 0.3 is 0 Å². The van der Waals surface area contributed by atoms with E-state index in [1.807, 2.05) is 19.1 Å². The molecule has 0 heterocycles. The first-order valence-electron chi connectivity index (χ1n) is 4.48. The molecule has 0 bridgehead atoms. The molecule has 1 atom stereocenters. The quantitative estimate of drug-likeness (QED) is 0.662. The first kappa shape index (κ1) is 9.78. The second-order valence-electron chi connectivity index (χ2n) is 3.02. The second-order valence-corrected chi connectivity index (χ2v) is 3.02. The molecule has 0 aliphatic heterocycles. The zero-order chi connectivity index (χ0) is 9.68. The van der Waals surface area contributed by atoms with Gasteiger partial charge in [-0.05, 0) is 37.6 Å². The SMILES string of the molecule is CC[C@H](C)Oc1ccc(C=O)cc1. The highest BCUT2D eigenvalue weighted by atomic mass is 16.5. The summed E-state index contributed by atoms with van der Waals surface area (Å²) in [5, 5.41) is 0. The normalized spacial score (nSPS) is 12.2. The molecule has 0 amide bonds. The molecule has 0 N–H and O–H groups in total. The number of ether oxygens (including phenoxy) is 1. The summed E-state index contributed by atoms with van der Waals surface area (Å²) in [7, 11) is 0. The molecule has 0 fully saturated rings. The van der Waals surface area contributed by atoms with Gasteiger partial charge in [0.05, 0.1) is 6.10 Å². The van der Waals surface area contributed by atoms with Crippen molar-refractivity contribution in [3.8, 4) is 5.75 Å². The van der Waals surface area contributed by atoms with Crippen LogP contribution in [0.1, 0.15) is 30.6 Å². The van der Waals surface area contributed by atoms with Gasteiger partial charge < -0.3 is 4.74 Å². The molecule has 0 aliphatic carbocycles. The third kappa shape index (κ3) is 2.90. The number of rotatable bonds is 4. The standard InChI is InChI=1S/C11H14O2/c1-3-9(2)13-11-6-4-10(8-12)5-7-11/h4-9H,3H2,1-2H3/t9-/m0/s1. The molecule has 0 radical (unpaired) electrons. The third-order valence-electron chi connectivity index (χ3n) is 1.93. The van der Waals surface area contributed by atoms with Crippen LogP contribution in [-0.2, 0) is 0 Å². The van der Waals surface area contributed by atoms with E-state index in [-0.39, 0.29) is 6.10 Å². The number of carbonyl (C=O) groups excluding carboxylic acids is 1. The fourth-order valence-electron chi connectivity index (χ4n) is 0.941. The van der Waals surface area contributed by atoms with E-state index in [1.165, 1.54) is 0 Å². The molecule has 0 aromatic heterocycles. The zero-order valence-electron chi connectivity index (χ0n) is 7.99. The van der Waals surface area contributed by atoms with E-state index in [0.717, 1.165) is 18.5 Å². The Morgan fingerprint density at radius 1 is 1.38 bits per heavy atom. The molecule has 70 valence electrons. The third-order valence-corrected chi connectivity index (χ3v) is 1.93. The lowest BCUT2D eigenvalue weighted by molar-refractivity contribution is 0.112. The zero-order valence-corrected chi connectivity index (χ0v) is 7.99. The summed E-state index contributed by atoms with van der Waals surface area (Å²) in [4.78, 5) is 10.4. The maximum Gasteiger partial charge on any atom is 0.150 e. The van der Waals surface area contributed by atoms with Crippen LogP contribution < -0.4 is 4.74 Å². The van der Waals surface area contributed by atoms with Crippen molar-refractivity contribution in [2.75, 3.05) is 0 Å². The van der Waals surface area contributed by atoms with Crippen molar-refractivity contribution in [1.29, 1.82) is 0 Å². The van der Waals surface area contributed by atoms with Crippen LogP contribution in [0.5, 0.6) is 5.75 Å². The van der Waals surface area contributed by atoms with Crippen LogP contribution in [0.15, 0.2) is 24.3 Å². The molecule has 13 heavy (non-hydrogen) atoms. The summed E-state index contributed by atoms with van der Waals surface area (Å²) in [5.74, 6) is 0.819. The second kappa shape index (κ2) is 4.65. The molecular weight excluding hydrogens is 164 g/mol. The highest BCUT2D eigenvalue weighted by Gasteiger charge is 1.99. The Bertz CT molecular complexity index is 264. The van der Waals surface area contributed by atoms with Gasteiger partial charge in [-0.3, -0.25) is 4.79 Å². The Labute approximate surface area is 78.5 Å². The molecule has 0 spiro atoms. The summed E-state index contributed by atoms with van der Waals surface area (Å²) >= 11 is 0. The Hall–Kier alpha value is -1.31. The molecule has 0 aliphatic rings. The number of benzene rings is 1. The lowest BCUT2D eigenvalue weighted by Crippen LogP contribution is -2.09. The molecule has 2 heteroatoms. The smallest absolute Gasteiger partial charge is 0.150 e. The number of aldehydes is 1. The van der Waals surface area contributed by atoms with Gasteiger partial charge in [0.2, 0.25) is 0 Å². The maximum absolute atomic E-state index is 10.4. The van der Waals surface area contributed by atoms with Gasteiger partial charge in [-0.15, -0.1) is 0 Å². The summed E-state index contributed by atoms with van der Waals surface area (Å²) < 4.78 is 5.55. The Morgan fingerprint density at radius 2 is 2.00 bits per heavy atom. The molecule has 0 saturated heterocycles. The summed E-state index contributed by atoms with van der Waals surface area (Å²) in [6.07, 6.45) is 2.03. The van der Waals surface area contributed by atoms with Gasteiger partial charge in [0, 0.05) is 5.56 Å². The van der Waals surface area contributed by atoms with Crippen LogP contribution in [0.4, 0.5) is 0 Å². The minimum atomic E-state index is 0.224. The minimum absolute atomic E-state index is 0.224. The maximum atomic E-state index is 10.4.